The molecule has 20 heavy (non-hydrogen) atoms. The van der Waals surface area contributed by atoms with Crippen LogP contribution in [0.3, 0.4) is 0 Å². The van der Waals surface area contributed by atoms with Crippen LogP contribution in [0.4, 0.5) is 0 Å². The van der Waals surface area contributed by atoms with Crippen LogP contribution in [0.25, 0.3) is 0 Å². The number of aliphatic hydroxyl groups is 1. The zero-order valence-corrected chi connectivity index (χ0v) is 12.0. The highest BCUT2D eigenvalue weighted by molar-refractivity contribution is 7.10. The van der Waals surface area contributed by atoms with E-state index in [9.17, 15) is 14.7 Å². The van der Waals surface area contributed by atoms with Gasteiger partial charge in [0.15, 0.2) is 0 Å². The Hall–Kier alpha value is -1.44. The van der Waals surface area contributed by atoms with E-state index < -0.39 is 12.3 Å². The summed E-state index contributed by atoms with van der Waals surface area (Å²) in [5.41, 5.74) is 1.05. The lowest BCUT2D eigenvalue weighted by Gasteiger charge is -2.44. The monoisotopic (exact) mass is 295 g/mol. The van der Waals surface area contributed by atoms with Crippen molar-refractivity contribution in [3.63, 3.8) is 0 Å². The molecule has 2 aliphatic rings. The fraction of sp³-hybridized carbons (Fsp3) is 0.538. The molecule has 1 aromatic heterocycles. The zero-order chi connectivity index (χ0) is 14.3. The van der Waals surface area contributed by atoms with Crippen LogP contribution in [0.5, 0.6) is 0 Å². The van der Waals surface area contributed by atoms with Crippen molar-refractivity contribution >= 4 is 23.2 Å². The minimum absolute atomic E-state index is 0.0453. The molecule has 2 N–H and O–H groups in total. The molecule has 0 spiro atoms. The third kappa shape index (κ3) is 2.21. The predicted octanol–water partition coefficient (Wildman–Crippen LogP) is -0.310. The summed E-state index contributed by atoms with van der Waals surface area (Å²) in [5.74, 6) is -0.180. The summed E-state index contributed by atoms with van der Waals surface area (Å²) in [7, 11) is 0. The van der Waals surface area contributed by atoms with Gasteiger partial charge in [-0.15, -0.1) is 11.3 Å². The summed E-state index contributed by atoms with van der Waals surface area (Å²) < 4.78 is 0. The Bertz CT molecular complexity index is 545. The second kappa shape index (κ2) is 5.16. The van der Waals surface area contributed by atoms with Crippen LogP contribution >= 0.6 is 11.3 Å². The smallest absolute Gasteiger partial charge is 0.244 e. The van der Waals surface area contributed by atoms with E-state index in [1.54, 1.807) is 4.90 Å². The summed E-state index contributed by atoms with van der Waals surface area (Å²) in [6.07, 6.45) is -0.707. The molecule has 0 saturated carbocycles. The zero-order valence-electron chi connectivity index (χ0n) is 11.2. The molecule has 3 heterocycles. The third-order valence-electron chi connectivity index (χ3n) is 3.93. The molecule has 1 aromatic rings. The molecule has 2 unspecified atom stereocenters. The van der Waals surface area contributed by atoms with E-state index in [0.717, 1.165) is 10.4 Å². The van der Waals surface area contributed by atoms with Crippen molar-refractivity contribution in [2.24, 2.45) is 0 Å². The van der Waals surface area contributed by atoms with Crippen molar-refractivity contribution in [1.82, 2.24) is 15.1 Å². The van der Waals surface area contributed by atoms with Gasteiger partial charge in [-0.3, -0.25) is 14.5 Å². The molecule has 0 bridgehead atoms. The van der Waals surface area contributed by atoms with Crippen LogP contribution in [-0.2, 0) is 9.59 Å². The van der Waals surface area contributed by atoms with Crippen molar-refractivity contribution in [1.29, 1.82) is 0 Å². The highest BCUT2D eigenvalue weighted by Gasteiger charge is 2.40. The molecule has 108 valence electrons. The third-order valence-corrected chi connectivity index (χ3v) is 4.99. The normalized spacial score (nSPS) is 25.3. The first-order valence-corrected chi connectivity index (χ1v) is 7.49. The van der Waals surface area contributed by atoms with E-state index in [1.807, 2.05) is 23.3 Å². The van der Waals surface area contributed by atoms with Crippen molar-refractivity contribution in [3.8, 4) is 0 Å². The Morgan fingerprint density at radius 2 is 2.25 bits per heavy atom. The van der Waals surface area contributed by atoms with Gasteiger partial charge in [-0.2, -0.15) is 0 Å². The SMILES string of the molecule is Cc1ccsc1C(O)N1CCN2C(=O)CNC(=O)C2C1. The lowest BCUT2D eigenvalue weighted by atomic mass is 10.1. The number of amides is 2. The number of thiophene rings is 1. The van der Waals surface area contributed by atoms with Crippen LogP contribution in [0.1, 0.15) is 16.7 Å². The van der Waals surface area contributed by atoms with Crippen molar-refractivity contribution in [2.75, 3.05) is 26.2 Å². The Morgan fingerprint density at radius 3 is 2.95 bits per heavy atom. The van der Waals surface area contributed by atoms with E-state index in [1.165, 1.54) is 11.3 Å². The van der Waals surface area contributed by atoms with Crippen LogP contribution in [0.2, 0.25) is 0 Å². The second-order valence-corrected chi connectivity index (χ2v) is 6.10. The van der Waals surface area contributed by atoms with Gasteiger partial charge in [0.2, 0.25) is 11.8 Å². The maximum atomic E-state index is 11.9. The Labute approximate surface area is 121 Å². The number of aliphatic hydroxyl groups excluding tert-OH is 1. The molecular formula is C13H17N3O3S. The maximum Gasteiger partial charge on any atom is 0.244 e. The number of nitrogens with one attached hydrogen (secondary N) is 1. The van der Waals surface area contributed by atoms with Crippen LogP contribution in [0.15, 0.2) is 11.4 Å². The van der Waals surface area contributed by atoms with Crippen LogP contribution in [-0.4, -0.2) is 58.9 Å². The molecule has 0 aromatic carbocycles. The van der Waals surface area contributed by atoms with E-state index in [2.05, 4.69) is 5.32 Å². The first kappa shape index (κ1) is 13.5. The molecule has 7 heteroatoms. The highest BCUT2D eigenvalue weighted by Crippen LogP contribution is 2.28. The average Bonchev–Trinajstić information content (AvgIpc) is 2.88. The summed E-state index contributed by atoms with van der Waals surface area (Å²) in [4.78, 5) is 28.0. The Kier molecular flexibility index (Phi) is 3.49. The summed E-state index contributed by atoms with van der Waals surface area (Å²) in [5, 5.41) is 15.0. The number of carbonyl (C=O) groups excluding carboxylic acids is 2. The number of aryl methyl sites for hydroxylation is 1. The number of hydrogen-bond acceptors (Lipinski definition) is 5. The van der Waals surface area contributed by atoms with Gasteiger partial charge in [0.25, 0.3) is 0 Å². The summed E-state index contributed by atoms with van der Waals surface area (Å²) >= 11 is 1.51. The summed E-state index contributed by atoms with van der Waals surface area (Å²) in [6.45, 7) is 3.48. The lowest BCUT2D eigenvalue weighted by molar-refractivity contribution is -0.152. The molecule has 2 aliphatic heterocycles. The van der Waals surface area contributed by atoms with E-state index in [0.29, 0.717) is 19.6 Å². The van der Waals surface area contributed by atoms with Crippen molar-refractivity contribution in [3.05, 3.63) is 21.9 Å². The first-order chi connectivity index (χ1) is 9.58. The molecule has 2 saturated heterocycles. The molecule has 2 amide bonds. The lowest BCUT2D eigenvalue weighted by Crippen LogP contribution is -2.66. The number of piperazine rings is 2. The first-order valence-electron chi connectivity index (χ1n) is 6.61. The van der Waals surface area contributed by atoms with Crippen LogP contribution < -0.4 is 5.32 Å². The average molecular weight is 295 g/mol. The molecule has 3 rings (SSSR count). The van der Waals surface area contributed by atoms with Gasteiger partial charge in [-0.25, -0.2) is 0 Å². The highest BCUT2D eigenvalue weighted by atomic mass is 32.1. The number of hydrogen-bond donors (Lipinski definition) is 2. The van der Waals surface area contributed by atoms with Gasteiger partial charge in [0, 0.05) is 19.6 Å². The predicted molar refractivity (Wildman–Crippen MR) is 74.1 cm³/mol. The Morgan fingerprint density at radius 1 is 1.45 bits per heavy atom. The molecule has 2 atom stereocenters. The van der Waals surface area contributed by atoms with Gasteiger partial charge in [-0.1, -0.05) is 0 Å². The van der Waals surface area contributed by atoms with Crippen molar-refractivity contribution in [2.45, 2.75) is 19.2 Å². The molecule has 0 radical (unpaired) electrons. The number of carbonyl (C=O) groups is 2. The minimum Gasteiger partial charge on any atom is -0.373 e. The largest absolute Gasteiger partial charge is 0.373 e. The molecule has 6 nitrogen and oxygen atoms in total. The van der Waals surface area contributed by atoms with Gasteiger partial charge < -0.3 is 15.3 Å². The van der Waals surface area contributed by atoms with Gasteiger partial charge in [-0.05, 0) is 23.9 Å². The standard InChI is InChI=1S/C13H17N3O3S/c1-8-2-5-20-11(8)13(19)15-3-4-16-9(7-15)12(18)14-6-10(16)17/h2,5,9,13,19H,3-4,6-7H2,1H3,(H,14,18). The maximum absolute atomic E-state index is 11.9. The van der Waals surface area contributed by atoms with Crippen molar-refractivity contribution < 1.29 is 14.7 Å². The molecule has 2 fully saturated rings. The van der Waals surface area contributed by atoms with Gasteiger partial charge in [0.05, 0.1) is 11.4 Å². The van der Waals surface area contributed by atoms with Gasteiger partial charge >= 0.3 is 0 Å². The number of rotatable bonds is 2. The topological polar surface area (TPSA) is 72.9 Å². The molecular weight excluding hydrogens is 278 g/mol. The summed E-state index contributed by atoms with van der Waals surface area (Å²) in [6, 6.07) is 1.48. The van der Waals surface area contributed by atoms with E-state index >= 15 is 0 Å². The fourth-order valence-electron chi connectivity index (χ4n) is 2.75. The minimum atomic E-state index is -0.707. The Balaban J connectivity index is 1.76. The van der Waals surface area contributed by atoms with Gasteiger partial charge in [0.1, 0.15) is 12.3 Å². The number of nitrogens with zero attached hydrogens (tertiary/aromatic N) is 2. The van der Waals surface area contributed by atoms with E-state index in [-0.39, 0.29) is 18.4 Å². The van der Waals surface area contributed by atoms with E-state index in [4.69, 9.17) is 0 Å². The number of fused-ring (bicyclic) bond motifs is 1. The van der Waals surface area contributed by atoms with Crippen LogP contribution in [0, 0.1) is 6.92 Å². The molecule has 0 aliphatic carbocycles. The second-order valence-electron chi connectivity index (χ2n) is 5.16. The quantitative estimate of drug-likeness (QED) is 0.785. The fourth-order valence-corrected chi connectivity index (χ4v) is 3.69.